The lowest BCUT2D eigenvalue weighted by Crippen LogP contribution is -2.51. The fourth-order valence-electron chi connectivity index (χ4n) is 8.44. The second kappa shape index (κ2) is 15.6. The number of benzene rings is 3. The maximum atomic E-state index is 14.1. The van der Waals surface area contributed by atoms with Crippen molar-refractivity contribution < 1.29 is 19.1 Å². The van der Waals surface area contributed by atoms with E-state index in [1.165, 1.54) is 20.0 Å². The lowest BCUT2D eigenvalue weighted by molar-refractivity contribution is -0.137. The third-order valence-electron chi connectivity index (χ3n) is 12.5. The average molecular weight is 766 g/mol. The zero-order valence-electron chi connectivity index (χ0n) is 33.3. The third-order valence-corrected chi connectivity index (χ3v) is 12.5. The van der Waals surface area contributed by atoms with Crippen LogP contribution in [-0.4, -0.2) is 73.9 Å². The molecule has 3 aliphatic rings. The molecule has 2 aliphatic heterocycles. The molecule has 1 aliphatic carbocycles. The van der Waals surface area contributed by atoms with Crippen molar-refractivity contribution in [1.29, 1.82) is 0 Å². The van der Waals surface area contributed by atoms with Crippen LogP contribution in [0.3, 0.4) is 0 Å². The first-order valence-corrected chi connectivity index (χ1v) is 20.2. The molecule has 11 nitrogen and oxygen atoms in total. The van der Waals surface area contributed by atoms with Gasteiger partial charge in [-0.15, -0.1) is 0 Å². The number of carbonyl (C=O) groups excluding carboxylic acids is 3. The highest BCUT2D eigenvalue weighted by Gasteiger charge is 2.54. The molecule has 11 heteroatoms. The maximum Gasteiger partial charge on any atom is 0.407 e. The molecule has 5 aromatic rings. The SMILES string of the molecule is COC(=O)N[C@@H](C(=O)N1CCC[C@H]1c1ncc(-c2ccc(C#Cc3ccc4nc([C@@H]5CC6(CC6)CN5C(=O)[C@@H](C)C(C)C)[nH]c4c3)cc2)[nH]1)[C@H](C)c1ccccc1. The molecular weight excluding hydrogens is 715 g/mol. The molecule has 4 heterocycles. The zero-order valence-corrected chi connectivity index (χ0v) is 33.3. The monoisotopic (exact) mass is 765 g/mol. The Morgan fingerprint density at radius 3 is 2.33 bits per heavy atom. The smallest absolute Gasteiger partial charge is 0.407 e. The van der Waals surface area contributed by atoms with Gasteiger partial charge in [0.05, 0.1) is 42.1 Å². The Morgan fingerprint density at radius 2 is 1.61 bits per heavy atom. The van der Waals surface area contributed by atoms with E-state index in [0.29, 0.717) is 18.3 Å². The van der Waals surface area contributed by atoms with Gasteiger partial charge < -0.3 is 29.8 Å². The van der Waals surface area contributed by atoms with Gasteiger partial charge in [0.2, 0.25) is 11.8 Å². The molecule has 0 unspecified atom stereocenters. The number of hydrogen-bond acceptors (Lipinski definition) is 6. The Bertz CT molecular complexity index is 2330. The van der Waals surface area contributed by atoms with Gasteiger partial charge in [-0.05, 0) is 84.9 Å². The number of rotatable bonds is 9. The average Bonchev–Trinajstić information content (AvgIpc) is 3.72. The number of nitrogens with one attached hydrogen (secondary N) is 3. The van der Waals surface area contributed by atoms with E-state index < -0.39 is 12.1 Å². The van der Waals surface area contributed by atoms with Crippen molar-refractivity contribution in [2.45, 2.75) is 83.8 Å². The molecule has 3 fully saturated rings. The number of imidazole rings is 2. The van der Waals surface area contributed by atoms with E-state index in [2.05, 4.69) is 45.9 Å². The standard InChI is InChI=1S/C46H51N7O4/c1-28(2)29(3)43(54)53-27-46(21-22-46)25-39(53)42-48-35-20-17-32(24-36(35)49-42)14-13-31-15-18-34(19-16-31)37-26-47-41(50-37)38-12-9-23-52(38)44(55)40(51-45(56)57-5)30(4)33-10-7-6-8-11-33/h6-8,10-11,15-20,24,26,28-30,38-40H,9,12,21-23,25,27H2,1-5H3,(H,47,50)(H,48,49)(H,51,56)/t29-,30+,38-,39-,40+/m0/s1. The van der Waals surface area contributed by atoms with Crippen LogP contribution in [0.4, 0.5) is 4.79 Å². The van der Waals surface area contributed by atoms with E-state index in [-0.39, 0.29) is 41.1 Å². The van der Waals surface area contributed by atoms with E-state index >= 15 is 0 Å². The highest BCUT2D eigenvalue weighted by atomic mass is 16.5. The first-order chi connectivity index (χ1) is 27.5. The van der Waals surface area contributed by atoms with Gasteiger partial charge in [-0.2, -0.15) is 0 Å². The first-order valence-electron chi connectivity index (χ1n) is 20.2. The van der Waals surface area contributed by atoms with Gasteiger partial charge in [-0.1, -0.05) is 82.0 Å². The minimum atomic E-state index is -0.796. The Hall–Kier alpha value is -5.89. The fraction of sp³-hybridized carbons (Fsp3) is 0.413. The number of hydrogen-bond donors (Lipinski definition) is 3. The first kappa shape index (κ1) is 38.0. The minimum absolute atomic E-state index is 0.0223. The topological polar surface area (TPSA) is 136 Å². The summed E-state index contributed by atoms with van der Waals surface area (Å²) in [6.07, 6.45) is 6.09. The molecule has 0 bridgehead atoms. The molecule has 57 heavy (non-hydrogen) atoms. The van der Waals surface area contributed by atoms with Crippen LogP contribution >= 0.6 is 0 Å². The number of carbonyl (C=O) groups is 3. The third kappa shape index (κ3) is 7.78. The zero-order chi connectivity index (χ0) is 39.8. The number of likely N-dealkylation sites (tertiary alicyclic amines) is 2. The molecule has 5 atom stereocenters. The molecule has 8 rings (SSSR count). The lowest BCUT2D eigenvalue weighted by atomic mass is 9.92. The van der Waals surface area contributed by atoms with Crippen molar-refractivity contribution in [3.8, 4) is 23.1 Å². The summed E-state index contributed by atoms with van der Waals surface area (Å²) in [6, 6.07) is 22.7. The van der Waals surface area contributed by atoms with Gasteiger partial charge in [0.25, 0.3) is 0 Å². The van der Waals surface area contributed by atoms with E-state index in [1.54, 1.807) is 6.20 Å². The van der Waals surface area contributed by atoms with Crippen molar-refractivity contribution in [1.82, 2.24) is 35.1 Å². The van der Waals surface area contributed by atoms with Crippen molar-refractivity contribution in [2.75, 3.05) is 20.2 Å². The van der Waals surface area contributed by atoms with Crippen LogP contribution in [0.15, 0.2) is 79.0 Å². The predicted octanol–water partition coefficient (Wildman–Crippen LogP) is 7.89. The van der Waals surface area contributed by atoms with Gasteiger partial charge in [-0.3, -0.25) is 9.59 Å². The summed E-state index contributed by atoms with van der Waals surface area (Å²) < 4.78 is 4.89. The number of H-pyrrole nitrogens is 2. The molecular formula is C46H51N7O4. The Morgan fingerprint density at radius 1 is 0.877 bits per heavy atom. The number of fused-ring (bicyclic) bond motifs is 1. The Balaban J connectivity index is 0.947. The summed E-state index contributed by atoms with van der Waals surface area (Å²) in [6.45, 7) is 9.61. The molecule has 3 aromatic carbocycles. The normalized spacial score (nSPS) is 20.0. The van der Waals surface area contributed by atoms with Crippen molar-refractivity contribution >= 4 is 28.9 Å². The van der Waals surface area contributed by atoms with Crippen LogP contribution in [0, 0.1) is 29.1 Å². The van der Waals surface area contributed by atoms with Crippen LogP contribution in [-0.2, 0) is 14.3 Å². The van der Waals surface area contributed by atoms with Crippen molar-refractivity contribution in [2.24, 2.45) is 17.3 Å². The number of methoxy groups -OCH3 is 1. The molecule has 2 saturated heterocycles. The summed E-state index contributed by atoms with van der Waals surface area (Å²) in [5.74, 6) is 8.26. The number of aromatic nitrogens is 4. The van der Waals surface area contributed by atoms with Crippen LogP contribution in [0.2, 0.25) is 0 Å². The predicted molar refractivity (Wildman–Crippen MR) is 219 cm³/mol. The second-order valence-corrected chi connectivity index (χ2v) is 16.6. The van der Waals surface area contributed by atoms with E-state index in [4.69, 9.17) is 14.7 Å². The molecule has 1 spiro atoms. The fourth-order valence-corrected chi connectivity index (χ4v) is 8.44. The number of aromatic amines is 2. The van der Waals surface area contributed by atoms with Crippen molar-refractivity contribution in [3.63, 3.8) is 0 Å². The summed E-state index contributed by atoms with van der Waals surface area (Å²) in [5, 5.41) is 2.79. The van der Waals surface area contributed by atoms with Crippen LogP contribution in [0.25, 0.3) is 22.3 Å². The van der Waals surface area contributed by atoms with Gasteiger partial charge in [0, 0.05) is 36.1 Å². The number of nitrogens with zero attached hydrogens (tertiary/aromatic N) is 4. The highest BCUT2D eigenvalue weighted by Crippen LogP contribution is 2.58. The molecule has 2 aromatic heterocycles. The minimum Gasteiger partial charge on any atom is -0.453 e. The largest absolute Gasteiger partial charge is 0.453 e. The number of alkyl carbamates (subject to hydrolysis) is 1. The Kier molecular flexibility index (Phi) is 10.4. The highest BCUT2D eigenvalue weighted by molar-refractivity contribution is 5.87. The lowest BCUT2D eigenvalue weighted by Gasteiger charge is -2.31. The summed E-state index contributed by atoms with van der Waals surface area (Å²) in [4.78, 5) is 60.5. The van der Waals surface area contributed by atoms with Crippen molar-refractivity contribution in [3.05, 3.63) is 107 Å². The molecule has 0 radical (unpaired) electrons. The number of ether oxygens (including phenoxy) is 1. The van der Waals surface area contributed by atoms with Gasteiger partial charge in [0.15, 0.2) is 0 Å². The second-order valence-electron chi connectivity index (χ2n) is 16.6. The molecule has 3 N–H and O–H groups in total. The summed E-state index contributed by atoms with van der Waals surface area (Å²) in [5.41, 5.74) is 6.58. The van der Waals surface area contributed by atoms with Crippen LogP contribution < -0.4 is 5.32 Å². The summed E-state index contributed by atoms with van der Waals surface area (Å²) >= 11 is 0. The van der Waals surface area contributed by atoms with E-state index in [0.717, 1.165) is 70.6 Å². The van der Waals surface area contributed by atoms with E-state index in [9.17, 15) is 14.4 Å². The quantitative estimate of drug-likeness (QED) is 0.131. The molecule has 3 amide bonds. The van der Waals surface area contributed by atoms with Gasteiger partial charge in [-0.25, -0.2) is 14.8 Å². The van der Waals surface area contributed by atoms with Crippen LogP contribution in [0.1, 0.15) is 106 Å². The maximum absolute atomic E-state index is 14.1. The van der Waals surface area contributed by atoms with E-state index in [1.807, 2.05) is 91.5 Å². The van der Waals surface area contributed by atoms with Crippen LogP contribution in [0.5, 0.6) is 0 Å². The van der Waals surface area contributed by atoms with Gasteiger partial charge in [0.1, 0.15) is 17.7 Å². The Labute approximate surface area is 334 Å². The van der Waals surface area contributed by atoms with Gasteiger partial charge >= 0.3 is 6.09 Å². The number of amides is 3. The molecule has 294 valence electrons. The summed E-state index contributed by atoms with van der Waals surface area (Å²) in [7, 11) is 1.30. The molecule has 1 saturated carbocycles.